The number of ether oxygens (including phenoxy) is 1. The van der Waals surface area contributed by atoms with Crippen molar-refractivity contribution in [3.05, 3.63) is 29.3 Å². The minimum Gasteiger partial charge on any atom is -0.466 e. The van der Waals surface area contributed by atoms with Gasteiger partial charge in [0.1, 0.15) is 0 Å². The monoisotopic (exact) mass is 330 g/mol. The van der Waals surface area contributed by atoms with E-state index in [9.17, 15) is 14.4 Å². The van der Waals surface area contributed by atoms with Crippen molar-refractivity contribution in [3.8, 4) is 0 Å². The number of anilines is 1. The third-order valence-corrected chi connectivity index (χ3v) is 4.54. The Morgan fingerprint density at radius 3 is 3.00 bits per heavy atom. The maximum absolute atomic E-state index is 12.5. The molecule has 6 nitrogen and oxygen atoms in total. The highest BCUT2D eigenvalue weighted by Crippen LogP contribution is 2.25. The van der Waals surface area contributed by atoms with Gasteiger partial charge >= 0.3 is 5.97 Å². The van der Waals surface area contributed by atoms with Crippen LogP contribution in [0, 0.1) is 5.92 Å². The number of esters is 1. The summed E-state index contributed by atoms with van der Waals surface area (Å²) in [5.41, 5.74) is 2.67. The number of amides is 2. The number of fused-ring (bicyclic) bond motifs is 1. The number of carbonyl (C=O) groups excluding carboxylic acids is 3. The van der Waals surface area contributed by atoms with Gasteiger partial charge in [0.15, 0.2) is 0 Å². The van der Waals surface area contributed by atoms with Crippen LogP contribution in [0.1, 0.15) is 30.9 Å². The Labute approximate surface area is 141 Å². The van der Waals surface area contributed by atoms with E-state index < -0.39 is 0 Å². The van der Waals surface area contributed by atoms with Gasteiger partial charge in [-0.15, -0.1) is 0 Å². The average molecular weight is 330 g/mol. The van der Waals surface area contributed by atoms with Gasteiger partial charge in [-0.1, -0.05) is 12.1 Å². The Hall–Kier alpha value is -2.37. The van der Waals surface area contributed by atoms with E-state index >= 15 is 0 Å². The molecule has 0 radical (unpaired) electrons. The van der Waals surface area contributed by atoms with Crippen molar-refractivity contribution in [2.45, 2.75) is 32.6 Å². The van der Waals surface area contributed by atoms with E-state index in [4.69, 9.17) is 4.74 Å². The fourth-order valence-electron chi connectivity index (χ4n) is 3.34. The highest BCUT2D eigenvalue weighted by Gasteiger charge is 2.29. The Morgan fingerprint density at radius 1 is 1.38 bits per heavy atom. The molecule has 1 aromatic carbocycles. The maximum Gasteiger partial charge on any atom is 0.310 e. The quantitative estimate of drug-likeness (QED) is 0.850. The minimum absolute atomic E-state index is 0.0122. The average Bonchev–Trinajstić information content (AvgIpc) is 2.94. The van der Waals surface area contributed by atoms with Crippen molar-refractivity contribution in [2.75, 3.05) is 25.0 Å². The SMILES string of the molecule is CCOC(=O)C1CCCN(C(=O)Cc2ccc3c(c2)CC(=O)N3)C1. The lowest BCUT2D eigenvalue weighted by atomic mass is 9.97. The Morgan fingerprint density at radius 2 is 2.21 bits per heavy atom. The van der Waals surface area contributed by atoms with Gasteiger partial charge in [-0.3, -0.25) is 14.4 Å². The smallest absolute Gasteiger partial charge is 0.310 e. The highest BCUT2D eigenvalue weighted by molar-refractivity contribution is 5.99. The number of nitrogens with one attached hydrogen (secondary N) is 1. The van der Waals surface area contributed by atoms with Crippen molar-refractivity contribution in [2.24, 2.45) is 5.92 Å². The van der Waals surface area contributed by atoms with Crippen LogP contribution >= 0.6 is 0 Å². The standard InChI is InChI=1S/C18H22N2O4/c1-2-24-18(23)13-4-3-7-20(11-13)17(22)9-12-5-6-15-14(8-12)10-16(21)19-15/h5-6,8,13H,2-4,7,9-11H2,1H3,(H,19,21). The molecule has 1 unspecified atom stereocenters. The van der Waals surface area contributed by atoms with Crippen LogP contribution in [0.5, 0.6) is 0 Å². The molecule has 1 fully saturated rings. The van der Waals surface area contributed by atoms with Crippen molar-refractivity contribution in [1.29, 1.82) is 0 Å². The van der Waals surface area contributed by atoms with Gasteiger partial charge in [0, 0.05) is 18.8 Å². The van der Waals surface area contributed by atoms with E-state index in [1.807, 2.05) is 18.2 Å². The number of benzene rings is 1. The van der Waals surface area contributed by atoms with Gasteiger partial charge in [0.25, 0.3) is 0 Å². The van der Waals surface area contributed by atoms with E-state index in [2.05, 4.69) is 5.32 Å². The maximum atomic E-state index is 12.5. The van der Waals surface area contributed by atoms with Gasteiger partial charge in [-0.05, 0) is 37.0 Å². The van der Waals surface area contributed by atoms with Crippen LogP contribution in [0.3, 0.4) is 0 Å². The zero-order chi connectivity index (χ0) is 17.1. The summed E-state index contributed by atoms with van der Waals surface area (Å²) < 4.78 is 5.07. The van der Waals surface area contributed by atoms with Gasteiger partial charge in [0.2, 0.25) is 11.8 Å². The molecule has 1 N–H and O–H groups in total. The van der Waals surface area contributed by atoms with Gasteiger partial charge in [0.05, 0.1) is 25.4 Å². The third kappa shape index (κ3) is 3.58. The molecule has 6 heteroatoms. The summed E-state index contributed by atoms with van der Waals surface area (Å²) in [5, 5.41) is 2.79. The molecule has 2 aliphatic heterocycles. The molecule has 0 bridgehead atoms. The van der Waals surface area contributed by atoms with Crippen LogP contribution in [0.25, 0.3) is 0 Å². The molecule has 2 amide bonds. The molecule has 1 atom stereocenters. The van der Waals surface area contributed by atoms with Crippen LogP contribution in [0.2, 0.25) is 0 Å². The summed E-state index contributed by atoms with van der Waals surface area (Å²) in [6.45, 7) is 3.27. The Balaban J connectivity index is 1.61. The fraction of sp³-hybridized carbons (Fsp3) is 0.500. The molecule has 3 rings (SSSR count). The van der Waals surface area contributed by atoms with E-state index in [0.717, 1.165) is 29.7 Å². The molecule has 0 aliphatic carbocycles. The normalized spacial score (nSPS) is 19.6. The third-order valence-electron chi connectivity index (χ3n) is 4.54. The number of nitrogens with zero attached hydrogens (tertiary/aromatic N) is 1. The van der Waals surface area contributed by atoms with Crippen molar-refractivity contribution in [3.63, 3.8) is 0 Å². The lowest BCUT2D eigenvalue weighted by Gasteiger charge is -2.31. The number of piperidine rings is 1. The predicted molar refractivity (Wildman–Crippen MR) is 88.4 cm³/mol. The summed E-state index contributed by atoms with van der Waals surface area (Å²) in [4.78, 5) is 37.6. The number of carbonyl (C=O) groups is 3. The first kappa shape index (κ1) is 16.5. The summed E-state index contributed by atoms with van der Waals surface area (Å²) in [6.07, 6.45) is 2.25. The molecule has 2 aliphatic rings. The zero-order valence-electron chi connectivity index (χ0n) is 13.8. The Bertz CT molecular complexity index is 671. The van der Waals surface area contributed by atoms with Crippen molar-refractivity contribution < 1.29 is 19.1 Å². The van der Waals surface area contributed by atoms with Gasteiger partial charge in [-0.2, -0.15) is 0 Å². The van der Waals surface area contributed by atoms with Gasteiger partial charge in [-0.25, -0.2) is 0 Å². The molecule has 0 aromatic heterocycles. The van der Waals surface area contributed by atoms with Crippen LogP contribution < -0.4 is 5.32 Å². The largest absolute Gasteiger partial charge is 0.466 e. The highest BCUT2D eigenvalue weighted by atomic mass is 16.5. The minimum atomic E-state index is -0.218. The van der Waals surface area contributed by atoms with Crippen molar-refractivity contribution in [1.82, 2.24) is 4.90 Å². The summed E-state index contributed by atoms with van der Waals surface area (Å²) >= 11 is 0. The first-order chi connectivity index (χ1) is 11.6. The summed E-state index contributed by atoms with van der Waals surface area (Å²) in [6, 6.07) is 5.63. The number of likely N-dealkylation sites (tertiary alicyclic amines) is 1. The number of rotatable bonds is 4. The predicted octanol–water partition coefficient (Wildman–Crippen LogP) is 1.53. The topological polar surface area (TPSA) is 75.7 Å². The van der Waals surface area contributed by atoms with Crippen LogP contribution in [0.15, 0.2) is 18.2 Å². The zero-order valence-corrected chi connectivity index (χ0v) is 13.8. The molecule has 1 saturated heterocycles. The van der Waals surface area contributed by atoms with E-state index in [0.29, 0.717) is 26.1 Å². The fourth-order valence-corrected chi connectivity index (χ4v) is 3.34. The van der Waals surface area contributed by atoms with E-state index in [1.165, 1.54) is 0 Å². The second kappa shape index (κ2) is 7.03. The lowest BCUT2D eigenvalue weighted by Crippen LogP contribution is -2.43. The van der Waals surface area contributed by atoms with Gasteiger partial charge < -0.3 is 15.0 Å². The summed E-state index contributed by atoms with van der Waals surface area (Å²) in [5.74, 6) is -0.426. The summed E-state index contributed by atoms with van der Waals surface area (Å²) in [7, 11) is 0. The first-order valence-electron chi connectivity index (χ1n) is 8.43. The molecule has 24 heavy (non-hydrogen) atoms. The van der Waals surface area contributed by atoms with E-state index in [1.54, 1.807) is 11.8 Å². The van der Waals surface area contributed by atoms with Crippen LogP contribution in [-0.4, -0.2) is 42.4 Å². The first-order valence-corrected chi connectivity index (χ1v) is 8.43. The van der Waals surface area contributed by atoms with Crippen molar-refractivity contribution >= 4 is 23.5 Å². The van der Waals surface area contributed by atoms with E-state index in [-0.39, 0.29) is 30.1 Å². The molecular formula is C18H22N2O4. The molecule has 0 saturated carbocycles. The lowest BCUT2D eigenvalue weighted by molar-refractivity contribution is -0.151. The molecular weight excluding hydrogens is 308 g/mol. The second-order valence-electron chi connectivity index (χ2n) is 6.32. The number of hydrogen-bond acceptors (Lipinski definition) is 4. The molecule has 128 valence electrons. The molecule has 0 spiro atoms. The Kier molecular flexibility index (Phi) is 4.83. The number of hydrogen-bond donors (Lipinski definition) is 1. The molecule has 2 heterocycles. The van der Waals surface area contributed by atoms with Crippen LogP contribution in [-0.2, 0) is 32.0 Å². The second-order valence-corrected chi connectivity index (χ2v) is 6.32. The van der Waals surface area contributed by atoms with Crippen LogP contribution in [0.4, 0.5) is 5.69 Å². The molecule has 1 aromatic rings.